The standard InChI is InChI=1S/C21H20ClFN2O3/c22-16-5-3-6-17(23)15(16)12-19(26)25-10-8-21(9-11-25)13-24-20(27)14-4-1-2-7-18(14)28-21/h1-7H,8-13H2,(H,24,27). The Balaban J connectivity index is 1.44. The van der Waals surface area contributed by atoms with Gasteiger partial charge in [-0.2, -0.15) is 0 Å². The molecule has 0 aromatic heterocycles. The smallest absolute Gasteiger partial charge is 0.255 e. The van der Waals surface area contributed by atoms with Crippen molar-refractivity contribution in [3.05, 3.63) is 64.4 Å². The first-order valence-corrected chi connectivity index (χ1v) is 9.62. The van der Waals surface area contributed by atoms with Crippen LogP contribution < -0.4 is 10.1 Å². The van der Waals surface area contributed by atoms with E-state index in [0.717, 1.165) is 0 Å². The first kappa shape index (κ1) is 18.7. The van der Waals surface area contributed by atoms with Crippen molar-refractivity contribution >= 4 is 23.4 Å². The Morgan fingerprint density at radius 1 is 1.18 bits per heavy atom. The predicted octanol–water partition coefficient (Wildman–Crippen LogP) is 3.21. The maximum absolute atomic E-state index is 14.0. The van der Waals surface area contributed by atoms with Crippen molar-refractivity contribution in [1.82, 2.24) is 10.2 Å². The van der Waals surface area contributed by atoms with Gasteiger partial charge < -0.3 is 15.0 Å². The third kappa shape index (κ3) is 3.56. The Morgan fingerprint density at radius 2 is 1.93 bits per heavy atom. The summed E-state index contributed by atoms with van der Waals surface area (Å²) in [4.78, 5) is 26.6. The quantitative estimate of drug-likeness (QED) is 0.839. The van der Waals surface area contributed by atoms with E-state index >= 15 is 0 Å². The molecule has 1 spiro atoms. The summed E-state index contributed by atoms with van der Waals surface area (Å²) < 4.78 is 20.2. The van der Waals surface area contributed by atoms with E-state index in [-0.39, 0.29) is 28.8 Å². The number of carbonyl (C=O) groups is 2. The molecule has 2 aromatic carbocycles. The van der Waals surface area contributed by atoms with Gasteiger partial charge in [0.1, 0.15) is 17.2 Å². The second-order valence-corrected chi connectivity index (χ2v) is 7.63. The maximum Gasteiger partial charge on any atom is 0.255 e. The molecule has 2 aliphatic rings. The molecule has 0 atom stereocenters. The van der Waals surface area contributed by atoms with Crippen LogP contribution in [0, 0.1) is 5.82 Å². The van der Waals surface area contributed by atoms with Crippen molar-refractivity contribution in [2.24, 2.45) is 0 Å². The van der Waals surface area contributed by atoms with Crippen LogP contribution in [0.3, 0.4) is 0 Å². The Labute approximate surface area is 167 Å². The highest BCUT2D eigenvalue weighted by molar-refractivity contribution is 6.31. The Hall–Kier alpha value is -2.60. The lowest BCUT2D eigenvalue weighted by atomic mass is 9.90. The number of nitrogens with one attached hydrogen (secondary N) is 1. The molecule has 5 nitrogen and oxygen atoms in total. The molecule has 2 aliphatic heterocycles. The fourth-order valence-electron chi connectivity index (χ4n) is 3.76. The van der Waals surface area contributed by atoms with Gasteiger partial charge in [-0.25, -0.2) is 4.39 Å². The average molecular weight is 403 g/mol. The second kappa shape index (κ2) is 7.43. The maximum atomic E-state index is 14.0. The zero-order chi connectivity index (χ0) is 19.7. The molecule has 7 heteroatoms. The number of benzene rings is 2. The molecule has 1 N–H and O–H groups in total. The van der Waals surface area contributed by atoms with Crippen molar-refractivity contribution in [2.45, 2.75) is 24.9 Å². The van der Waals surface area contributed by atoms with E-state index in [0.29, 0.717) is 43.8 Å². The van der Waals surface area contributed by atoms with Gasteiger partial charge in [-0.3, -0.25) is 9.59 Å². The minimum atomic E-state index is -0.547. The zero-order valence-corrected chi connectivity index (χ0v) is 16.0. The Morgan fingerprint density at radius 3 is 2.68 bits per heavy atom. The molecule has 2 heterocycles. The van der Waals surface area contributed by atoms with Crippen LogP contribution in [-0.2, 0) is 11.2 Å². The third-order valence-corrected chi connectivity index (χ3v) is 5.80. The number of ether oxygens (including phenoxy) is 1. The largest absolute Gasteiger partial charge is 0.484 e. The van der Waals surface area contributed by atoms with Crippen molar-refractivity contribution in [3.8, 4) is 5.75 Å². The van der Waals surface area contributed by atoms with Gasteiger partial charge in [0.15, 0.2) is 0 Å². The molecular weight excluding hydrogens is 383 g/mol. The van der Waals surface area contributed by atoms with E-state index < -0.39 is 11.4 Å². The average Bonchev–Trinajstić information content (AvgIpc) is 2.83. The highest BCUT2D eigenvalue weighted by Crippen LogP contribution is 2.33. The fraction of sp³-hybridized carbons (Fsp3) is 0.333. The number of amides is 2. The highest BCUT2D eigenvalue weighted by Gasteiger charge is 2.40. The molecule has 28 heavy (non-hydrogen) atoms. The number of likely N-dealkylation sites (tertiary alicyclic amines) is 1. The van der Waals surface area contributed by atoms with Crippen molar-refractivity contribution in [1.29, 1.82) is 0 Å². The Kier molecular flexibility index (Phi) is 4.98. The molecule has 0 radical (unpaired) electrons. The van der Waals surface area contributed by atoms with Crippen LogP contribution in [0.1, 0.15) is 28.8 Å². The molecule has 0 unspecified atom stereocenters. The van der Waals surface area contributed by atoms with Crippen LogP contribution in [0.15, 0.2) is 42.5 Å². The van der Waals surface area contributed by atoms with E-state index in [2.05, 4.69) is 5.32 Å². The minimum Gasteiger partial charge on any atom is -0.484 e. The molecule has 4 rings (SSSR count). The van der Waals surface area contributed by atoms with Crippen LogP contribution in [-0.4, -0.2) is 41.9 Å². The first-order valence-electron chi connectivity index (χ1n) is 9.24. The van der Waals surface area contributed by atoms with Crippen LogP contribution in [0.5, 0.6) is 5.75 Å². The Bertz CT molecular complexity index is 905. The van der Waals surface area contributed by atoms with Crippen molar-refractivity contribution in [2.75, 3.05) is 19.6 Å². The van der Waals surface area contributed by atoms with Gasteiger partial charge in [-0.15, -0.1) is 0 Å². The highest BCUT2D eigenvalue weighted by atomic mass is 35.5. The molecule has 2 aromatic rings. The molecule has 1 saturated heterocycles. The summed E-state index contributed by atoms with van der Waals surface area (Å²) in [7, 11) is 0. The van der Waals surface area contributed by atoms with Gasteiger partial charge in [-0.1, -0.05) is 29.8 Å². The number of para-hydroxylation sites is 1. The van der Waals surface area contributed by atoms with E-state index in [1.165, 1.54) is 12.1 Å². The number of halogens is 2. The third-order valence-electron chi connectivity index (χ3n) is 5.45. The van der Waals surface area contributed by atoms with E-state index in [9.17, 15) is 14.0 Å². The molecule has 0 aliphatic carbocycles. The normalized spacial score (nSPS) is 18.1. The van der Waals surface area contributed by atoms with Crippen LogP contribution in [0.2, 0.25) is 5.02 Å². The number of hydrogen-bond donors (Lipinski definition) is 1. The summed E-state index contributed by atoms with van der Waals surface area (Å²) in [6, 6.07) is 11.6. The lowest BCUT2D eigenvalue weighted by Crippen LogP contribution is -2.54. The number of carbonyl (C=O) groups excluding carboxylic acids is 2. The lowest BCUT2D eigenvalue weighted by molar-refractivity contribution is -0.133. The summed E-state index contributed by atoms with van der Waals surface area (Å²) in [5.74, 6) is -0.226. The predicted molar refractivity (Wildman–Crippen MR) is 103 cm³/mol. The molecule has 2 amide bonds. The van der Waals surface area contributed by atoms with Crippen LogP contribution in [0.4, 0.5) is 4.39 Å². The SMILES string of the molecule is O=C1NCC2(CCN(C(=O)Cc3c(F)cccc3Cl)CC2)Oc2ccccc21. The van der Waals surface area contributed by atoms with Gasteiger partial charge >= 0.3 is 0 Å². The number of nitrogens with zero attached hydrogens (tertiary/aromatic N) is 1. The molecular formula is C21H20ClFN2O3. The van der Waals surface area contributed by atoms with Gasteiger partial charge in [0, 0.05) is 36.5 Å². The van der Waals surface area contributed by atoms with Gasteiger partial charge in [0.05, 0.1) is 18.5 Å². The first-order chi connectivity index (χ1) is 13.5. The minimum absolute atomic E-state index is 0.0705. The monoisotopic (exact) mass is 402 g/mol. The number of rotatable bonds is 2. The summed E-state index contributed by atoms with van der Waals surface area (Å²) in [6.45, 7) is 1.34. The second-order valence-electron chi connectivity index (χ2n) is 7.22. The lowest BCUT2D eigenvalue weighted by Gasteiger charge is -2.41. The van der Waals surface area contributed by atoms with Crippen molar-refractivity contribution in [3.63, 3.8) is 0 Å². The van der Waals surface area contributed by atoms with Gasteiger partial charge in [-0.05, 0) is 24.3 Å². The summed E-state index contributed by atoms with van der Waals surface area (Å²) in [6.07, 6.45) is 1.09. The van der Waals surface area contributed by atoms with E-state index in [4.69, 9.17) is 16.3 Å². The molecule has 146 valence electrons. The van der Waals surface area contributed by atoms with Crippen LogP contribution in [0.25, 0.3) is 0 Å². The zero-order valence-electron chi connectivity index (χ0n) is 15.2. The van der Waals surface area contributed by atoms with Crippen molar-refractivity contribution < 1.29 is 18.7 Å². The summed E-state index contributed by atoms with van der Waals surface area (Å²) in [5, 5.41) is 3.18. The number of piperidine rings is 1. The van der Waals surface area contributed by atoms with E-state index in [1.54, 1.807) is 29.2 Å². The molecule has 0 saturated carbocycles. The van der Waals surface area contributed by atoms with Gasteiger partial charge in [0.2, 0.25) is 5.91 Å². The molecule has 0 bridgehead atoms. The number of hydrogen-bond acceptors (Lipinski definition) is 3. The topological polar surface area (TPSA) is 58.6 Å². The van der Waals surface area contributed by atoms with E-state index in [1.807, 2.05) is 6.07 Å². The molecule has 1 fully saturated rings. The summed E-state index contributed by atoms with van der Waals surface area (Å²) >= 11 is 6.04. The fourth-order valence-corrected chi connectivity index (χ4v) is 3.99. The van der Waals surface area contributed by atoms with Crippen LogP contribution >= 0.6 is 11.6 Å². The number of fused-ring (bicyclic) bond motifs is 1. The van der Waals surface area contributed by atoms with Gasteiger partial charge in [0.25, 0.3) is 5.91 Å². The summed E-state index contributed by atoms with van der Waals surface area (Å²) in [5.41, 5.74) is 0.197.